The molecule has 3 rings (SSSR count). The van der Waals surface area contributed by atoms with Crippen LogP contribution in [0.4, 0.5) is 0 Å². The summed E-state index contributed by atoms with van der Waals surface area (Å²) in [6.07, 6.45) is 2.83. The number of fused-ring (bicyclic) bond motifs is 1. The average Bonchev–Trinajstić information content (AvgIpc) is 2.95. The lowest BCUT2D eigenvalue weighted by Crippen LogP contribution is -2.03. The fourth-order valence-corrected chi connectivity index (χ4v) is 2.07. The van der Waals surface area contributed by atoms with E-state index in [1.165, 1.54) is 6.39 Å². The Morgan fingerprint density at radius 3 is 2.76 bits per heavy atom. The number of benzene rings is 1. The second-order valence-corrected chi connectivity index (χ2v) is 5.04. The molecule has 0 radical (unpaired) electrons. The van der Waals surface area contributed by atoms with Gasteiger partial charge in [0.05, 0.1) is 6.61 Å². The maximum absolute atomic E-state index is 5.89. The zero-order valence-electron chi connectivity index (χ0n) is 11.5. The number of nitrogens with zero attached hydrogens (tertiary/aromatic N) is 3. The van der Waals surface area contributed by atoms with E-state index >= 15 is 0 Å². The number of rotatable bonds is 5. The summed E-state index contributed by atoms with van der Waals surface area (Å²) in [7, 11) is 0. The van der Waals surface area contributed by atoms with Gasteiger partial charge in [0.15, 0.2) is 11.9 Å². The van der Waals surface area contributed by atoms with Crippen LogP contribution >= 0.6 is 11.6 Å². The Hall–Kier alpha value is -2.14. The van der Waals surface area contributed by atoms with Crippen molar-refractivity contribution < 1.29 is 9.15 Å². The van der Waals surface area contributed by atoms with E-state index in [0.717, 1.165) is 12.0 Å². The predicted molar refractivity (Wildman–Crippen MR) is 79.6 cm³/mol. The lowest BCUT2D eigenvalue weighted by atomic mass is 10.1. The van der Waals surface area contributed by atoms with Crippen LogP contribution in [0.5, 0.6) is 5.88 Å². The average molecular weight is 304 g/mol. The van der Waals surface area contributed by atoms with Gasteiger partial charge in [0.2, 0.25) is 5.88 Å². The van der Waals surface area contributed by atoms with Crippen molar-refractivity contribution in [1.29, 1.82) is 0 Å². The predicted octanol–water partition coefficient (Wildman–Crippen LogP) is 3.65. The third kappa shape index (κ3) is 3.13. The SMILES string of the molecule is CCCOc1nc(Cc2ccc(Cl)cc2)nc2ocnc12. The minimum atomic E-state index is 0.445. The van der Waals surface area contributed by atoms with Gasteiger partial charge < -0.3 is 9.15 Å². The zero-order chi connectivity index (χ0) is 14.7. The van der Waals surface area contributed by atoms with E-state index in [1.807, 2.05) is 31.2 Å². The molecule has 21 heavy (non-hydrogen) atoms. The van der Waals surface area contributed by atoms with Crippen molar-refractivity contribution in [3.63, 3.8) is 0 Å². The molecular formula is C15H14ClN3O2. The molecule has 2 heterocycles. The molecule has 2 aromatic heterocycles. The highest BCUT2D eigenvalue weighted by Crippen LogP contribution is 2.22. The van der Waals surface area contributed by atoms with Crippen molar-refractivity contribution in [2.75, 3.05) is 6.61 Å². The Morgan fingerprint density at radius 2 is 2.00 bits per heavy atom. The quantitative estimate of drug-likeness (QED) is 0.720. The second kappa shape index (κ2) is 6.10. The first-order chi connectivity index (χ1) is 10.3. The van der Waals surface area contributed by atoms with Crippen LogP contribution in [0.3, 0.4) is 0 Å². The van der Waals surface area contributed by atoms with Crippen LogP contribution in [-0.2, 0) is 6.42 Å². The lowest BCUT2D eigenvalue weighted by Gasteiger charge is -2.06. The number of aromatic nitrogens is 3. The molecule has 5 nitrogen and oxygen atoms in total. The molecule has 0 atom stereocenters. The fraction of sp³-hybridized carbons (Fsp3) is 0.267. The summed E-state index contributed by atoms with van der Waals surface area (Å²) in [5.74, 6) is 1.10. The first-order valence-electron chi connectivity index (χ1n) is 6.73. The Kier molecular flexibility index (Phi) is 4.01. The lowest BCUT2D eigenvalue weighted by molar-refractivity contribution is 0.307. The fourth-order valence-electron chi connectivity index (χ4n) is 1.94. The minimum Gasteiger partial charge on any atom is -0.476 e. The molecule has 0 N–H and O–H groups in total. The summed E-state index contributed by atoms with van der Waals surface area (Å²) >= 11 is 5.89. The number of ether oxygens (including phenoxy) is 1. The molecule has 0 fully saturated rings. The summed E-state index contributed by atoms with van der Waals surface area (Å²) in [4.78, 5) is 12.9. The number of hydrogen-bond donors (Lipinski definition) is 0. The molecule has 0 aliphatic carbocycles. The van der Waals surface area contributed by atoms with Gasteiger partial charge in [-0.2, -0.15) is 9.97 Å². The molecule has 0 aliphatic rings. The van der Waals surface area contributed by atoms with Gasteiger partial charge in [0.25, 0.3) is 5.71 Å². The standard InChI is InChI=1S/C15H14ClN3O2/c1-2-7-20-14-13-15(21-9-17-13)19-12(18-14)8-10-3-5-11(16)6-4-10/h3-6,9H,2,7-8H2,1H3. The molecule has 3 aromatic rings. The van der Waals surface area contributed by atoms with E-state index in [-0.39, 0.29) is 0 Å². The van der Waals surface area contributed by atoms with Crippen LogP contribution in [0.15, 0.2) is 35.1 Å². The molecule has 0 saturated heterocycles. The van der Waals surface area contributed by atoms with E-state index in [9.17, 15) is 0 Å². The molecule has 0 unspecified atom stereocenters. The Bertz CT molecular complexity index is 740. The minimum absolute atomic E-state index is 0.445. The first-order valence-corrected chi connectivity index (χ1v) is 7.11. The Labute approximate surface area is 127 Å². The highest BCUT2D eigenvalue weighted by molar-refractivity contribution is 6.30. The van der Waals surface area contributed by atoms with Crippen molar-refractivity contribution in [2.24, 2.45) is 0 Å². The summed E-state index contributed by atoms with van der Waals surface area (Å²) < 4.78 is 10.9. The summed E-state index contributed by atoms with van der Waals surface area (Å²) in [5, 5.41) is 0.706. The smallest absolute Gasteiger partial charge is 0.254 e. The molecule has 0 spiro atoms. The maximum Gasteiger partial charge on any atom is 0.254 e. The van der Waals surface area contributed by atoms with Gasteiger partial charge in [-0.15, -0.1) is 0 Å². The van der Waals surface area contributed by atoms with Crippen molar-refractivity contribution in [2.45, 2.75) is 19.8 Å². The number of hydrogen-bond acceptors (Lipinski definition) is 5. The van der Waals surface area contributed by atoms with Crippen LogP contribution in [-0.4, -0.2) is 21.6 Å². The Balaban J connectivity index is 1.92. The first kappa shape index (κ1) is 13.8. The number of oxazole rings is 1. The van der Waals surface area contributed by atoms with Gasteiger partial charge in [-0.05, 0) is 24.1 Å². The van der Waals surface area contributed by atoms with E-state index in [2.05, 4.69) is 15.0 Å². The Morgan fingerprint density at radius 1 is 1.19 bits per heavy atom. The molecule has 1 aromatic carbocycles. The van der Waals surface area contributed by atoms with Crippen LogP contribution in [0.25, 0.3) is 11.2 Å². The van der Waals surface area contributed by atoms with Crippen molar-refractivity contribution in [3.05, 3.63) is 47.1 Å². The molecular weight excluding hydrogens is 290 g/mol. The maximum atomic E-state index is 5.89. The van der Waals surface area contributed by atoms with Crippen LogP contribution in [0.2, 0.25) is 5.02 Å². The monoisotopic (exact) mass is 303 g/mol. The highest BCUT2D eigenvalue weighted by atomic mass is 35.5. The van der Waals surface area contributed by atoms with Gasteiger partial charge >= 0.3 is 0 Å². The van der Waals surface area contributed by atoms with Gasteiger partial charge in [0, 0.05) is 11.4 Å². The van der Waals surface area contributed by atoms with Gasteiger partial charge in [-0.1, -0.05) is 30.7 Å². The summed E-state index contributed by atoms with van der Waals surface area (Å²) in [6, 6.07) is 7.59. The summed E-state index contributed by atoms with van der Waals surface area (Å²) in [5.41, 5.74) is 2.07. The molecule has 0 bridgehead atoms. The second-order valence-electron chi connectivity index (χ2n) is 4.60. The van der Waals surface area contributed by atoms with Gasteiger partial charge in [-0.25, -0.2) is 4.98 Å². The third-order valence-electron chi connectivity index (χ3n) is 2.93. The van der Waals surface area contributed by atoms with Crippen LogP contribution in [0, 0.1) is 0 Å². The molecule has 108 valence electrons. The van der Waals surface area contributed by atoms with Crippen molar-refractivity contribution in [3.8, 4) is 5.88 Å². The van der Waals surface area contributed by atoms with Gasteiger partial charge in [0.1, 0.15) is 5.82 Å². The molecule has 0 aliphatic heterocycles. The van der Waals surface area contributed by atoms with Gasteiger partial charge in [-0.3, -0.25) is 0 Å². The van der Waals surface area contributed by atoms with Crippen LogP contribution < -0.4 is 4.74 Å². The van der Waals surface area contributed by atoms with Crippen molar-refractivity contribution in [1.82, 2.24) is 15.0 Å². The van der Waals surface area contributed by atoms with Crippen LogP contribution in [0.1, 0.15) is 24.7 Å². The van der Waals surface area contributed by atoms with E-state index in [1.54, 1.807) is 0 Å². The molecule has 6 heteroatoms. The highest BCUT2D eigenvalue weighted by Gasteiger charge is 2.13. The zero-order valence-corrected chi connectivity index (χ0v) is 12.3. The summed E-state index contributed by atoms with van der Waals surface area (Å²) in [6.45, 7) is 2.62. The normalized spacial score (nSPS) is 11.0. The van der Waals surface area contributed by atoms with E-state index in [4.69, 9.17) is 20.8 Å². The molecule has 0 saturated carbocycles. The van der Waals surface area contributed by atoms with Crippen molar-refractivity contribution >= 4 is 22.8 Å². The largest absolute Gasteiger partial charge is 0.476 e. The van der Waals surface area contributed by atoms with E-state index in [0.29, 0.717) is 41.0 Å². The topological polar surface area (TPSA) is 61.0 Å². The van der Waals surface area contributed by atoms with E-state index < -0.39 is 0 Å². The molecule has 0 amide bonds. The number of halogens is 1. The third-order valence-corrected chi connectivity index (χ3v) is 3.18.